The van der Waals surface area contributed by atoms with E-state index in [2.05, 4.69) is 0 Å². The summed E-state index contributed by atoms with van der Waals surface area (Å²) >= 11 is 0. The molecule has 1 aliphatic heterocycles. The van der Waals surface area contributed by atoms with Crippen LogP contribution in [-0.4, -0.2) is 16.3 Å². The van der Waals surface area contributed by atoms with Gasteiger partial charge in [0.15, 0.2) is 0 Å². The van der Waals surface area contributed by atoms with Crippen molar-refractivity contribution in [2.75, 3.05) is 0 Å². The summed E-state index contributed by atoms with van der Waals surface area (Å²) in [5.41, 5.74) is 1.28. The summed E-state index contributed by atoms with van der Waals surface area (Å²) < 4.78 is 14.1. The molecule has 1 unspecified atom stereocenters. The second kappa shape index (κ2) is 4.38. The normalized spacial score (nSPS) is 20.6. The highest BCUT2D eigenvalue weighted by Crippen LogP contribution is 2.39. The fourth-order valence-corrected chi connectivity index (χ4v) is 2.72. The van der Waals surface area contributed by atoms with Crippen LogP contribution in [0.2, 0.25) is 0 Å². The third kappa shape index (κ3) is 2.26. The van der Waals surface area contributed by atoms with Gasteiger partial charge in [0.1, 0.15) is 5.82 Å². The second-order valence-electron chi connectivity index (χ2n) is 6.01. The third-order valence-electron chi connectivity index (χ3n) is 3.45. The molecule has 1 amide bonds. The number of likely N-dealkylation sites (tertiary alicyclic amines) is 1. The first-order valence-electron chi connectivity index (χ1n) is 6.39. The van der Waals surface area contributed by atoms with Crippen molar-refractivity contribution in [2.45, 2.75) is 52.1 Å². The molecule has 1 atom stereocenters. The predicted octanol–water partition coefficient (Wildman–Crippen LogP) is 3.60. The fraction of sp³-hybridized carbons (Fsp3) is 0.533. The first-order chi connectivity index (χ1) is 8.30. The number of amides is 1. The van der Waals surface area contributed by atoms with Crippen LogP contribution in [-0.2, 0) is 4.79 Å². The Morgan fingerprint density at radius 2 is 2.00 bits per heavy atom. The number of nitrogens with zero attached hydrogens (tertiary/aromatic N) is 1. The summed E-state index contributed by atoms with van der Waals surface area (Å²) in [6.45, 7) is 7.86. The minimum absolute atomic E-state index is 0.118. The zero-order valence-electron chi connectivity index (χ0n) is 11.5. The first kappa shape index (κ1) is 13.1. The quantitative estimate of drug-likeness (QED) is 0.744. The number of carbonyl (C=O) groups excluding carboxylic acids is 1. The lowest BCUT2D eigenvalue weighted by Crippen LogP contribution is -2.43. The van der Waals surface area contributed by atoms with Gasteiger partial charge >= 0.3 is 0 Å². The Balaban J connectivity index is 2.41. The van der Waals surface area contributed by atoms with Crippen molar-refractivity contribution >= 4 is 5.91 Å². The molecular formula is C15H20FNO. The molecule has 0 radical (unpaired) electrons. The van der Waals surface area contributed by atoms with E-state index in [9.17, 15) is 9.18 Å². The van der Waals surface area contributed by atoms with Gasteiger partial charge in [-0.3, -0.25) is 4.79 Å². The number of benzene rings is 1. The maximum absolute atomic E-state index is 14.1. The molecule has 0 spiro atoms. The summed E-state index contributed by atoms with van der Waals surface area (Å²) in [6.07, 6.45) is 1.21. The minimum atomic E-state index is -0.268. The average molecular weight is 249 g/mol. The molecule has 1 heterocycles. The minimum Gasteiger partial charge on any atom is -0.331 e. The molecule has 0 N–H and O–H groups in total. The summed E-state index contributed by atoms with van der Waals surface area (Å²) in [5.74, 6) is -0.0866. The topological polar surface area (TPSA) is 20.3 Å². The third-order valence-corrected chi connectivity index (χ3v) is 3.45. The lowest BCUT2D eigenvalue weighted by Gasteiger charge is -2.37. The van der Waals surface area contributed by atoms with Gasteiger partial charge in [-0.1, -0.05) is 12.1 Å². The Hall–Kier alpha value is -1.38. The van der Waals surface area contributed by atoms with E-state index in [1.165, 1.54) is 0 Å². The van der Waals surface area contributed by atoms with Gasteiger partial charge in [-0.15, -0.1) is 0 Å². The number of hydrogen-bond donors (Lipinski definition) is 0. The van der Waals surface area contributed by atoms with Crippen LogP contribution in [0.25, 0.3) is 0 Å². The molecule has 98 valence electrons. The smallest absolute Gasteiger partial charge is 0.223 e. The lowest BCUT2D eigenvalue weighted by atomic mass is 9.98. The Kier molecular flexibility index (Phi) is 3.18. The van der Waals surface area contributed by atoms with E-state index < -0.39 is 0 Å². The molecule has 1 aromatic carbocycles. The number of aryl methyl sites for hydroxylation is 1. The predicted molar refractivity (Wildman–Crippen MR) is 69.7 cm³/mol. The van der Waals surface area contributed by atoms with E-state index in [0.29, 0.717) is 18.4 Å². The number of carbonyl (C=O) groups is 1. The lowest BCUT2D eigenvalue weighted by molar-refractivity contribution is -0.133. The number of hydrogen-bond acceptors (Lipinski definition) is 1. The van der Waals surface area contributed by atoms with Crippen molar-refractivity contribution in [3.8, 4) is 0 Å². The van der Waals surface area contributed by atoms with Gasteiger partial charge in [-0.05, 0) is 45.7 Å². The largest absolute Gasteiger partial charge is 0.331 e. The Labute approximate surface area is 108 Å². The van der Waals surface area contributed by atoms with Gasteiger partial charge in [0.2, 0.25) is 5.91 Å². The van der Waals surface area contributed by atoms with Gasteiger partial charge < -0.3 is 4.90 Å². The molecule has 2 rings (SSSR count). The molecule has 1 aromatic rings. The highest BCUT2D eigenvalue weighted by molar-refractivity contribution is 5.79. The van der Waals surface area contributed by atoms with E-state index in [1.807, 2.05) is 44.7 Å². The zero-order chi connectivity index (χ0) is 13.5. The van der Waals surface area contributed by atoms with Gasteiger partial charge in [-0.2, -0.15) is 0 Å². The molecule has 0 aromatic heterocycles. The first-order valence-corrected chi connectivity index (χ1v) is 6.39. The maximum Gasteiger partial charge on any atom is 0.223 e. The molecule has 1 aliphatic rings. The van der Waals surface area contributed by atoms with E-state index >= 15 is 0 Å². The van der Waals surface area contributed by atoms with Crippen molar-refractivity contribution in [2.24, 2.45) is 0 Å². The Morgan fingerprint density at radius 1 is 1.33 bits per heavy atom. The van der Waals surface area contributed by atoms with E-state index in [0.717, 1.165) is 5.56 Å². The summed E-state index contributed by atoms with van der Waals surface area (Å²) in [7, 11) is 0. The van der Waals surface area contributed by atoms with Gasteiger partial charge in [-0.25, -0.2) is 4.39 Å². The van der Waals surface area contributed by atoms with Gasteiger partial charge in [0.05, 0.1) is 6.04 Å². The van der Waals surface area contributed by atoms with Crippen molar-refractivity contribution in [3.05, 3.63) is 35.1 Å². The van der Waals surface area contributed by atoms with Crippen LogP contribution in [0.3, 0.4) is 0 Å². The molecule has 3 heteroatoms. The molecule has 0 aliphatic carbocycles. The molecule has 18 heavy (non-hydrogen) atoms. The van der Waals surface area contributed by atoms with Crippen molar-refractivity contribution in [3.63, 3.8) is 0 Å². The van der Waals surface area contributed by atoms with Crippen LogP contribution >= 0.6 is 0 Å². The fourth-order valence-electron chi connectivity index (χ4n) is 2.72. The Bertz CT molecular complexity index is 476. The van der Waals surface area contributed by atoms with Crippen molar-refractivity contribution in [1.82, 2.24) is 4.90 Å². The molecular weight excluding hydrogens is 229 g/mol. The molecule has 1 saturated heterocycles. The van der Waals surface area contributed by atoms with E-state index in [-0.39, 0.29) is 23.3 Å². The van der Waals surface area contributed by atoms with E-state index in [1.54, 1.807) is 6.07 Å². The summed E-state index contributed by atoms with van der Waals surface area (Å²) in [4.78, 5) is 13.8. The van der Waals surface area contributed by atoms with Crippen LogP contribution < -0.4 is 0 Å². The maximum atomic E-state index is 14.1. The van der Waals surface area contributed by atoms with Crippen LogP contribution in [0.5, 0.6) is 0 Å². The second-order valence-corrected chi connectivity index (χ2v) is 6.01. The van der Waals surface area contributed by atoms with Gasteiger partial charge in [0, 0.05) is 17.5 Å². The highest BCUT2D eigenvalue weighted by atomic mass is 19.1. The van der Waals surface area contributed by atoms with Crippen LogP contribution in [0.4, 0.5) is 4.39 Å². The molecule has 0 bridgehead atoms. The average Bonchev–Trinajstić information content (AvgIpc) is 2.59. The monoisotopic (exact) mass is 249 g/mol. The zero-order valence-corrected chi connectivity index (χ0v) is 11.5. The SMILES string of the molecule is Cc1ccc(C2CCC(=O)N2C(C)(C)C)c(F)c1. The van der Waals surface area contributed by atoms with Gasteiger partial charge in [0.25, 0.3) is 0 Å². The Morgan fingerprint density at radius 3 is 2.56 bits per heavy atom. The standard InChI is InChI=1S/C15H20FNO/c1-10-5-6-11(12(16)9-10)13-7-8-14(18)17(13)15(2,3)4/h5-6,9,13H,7-8H2,1-4H3. The number of halogens is 1. The van der Waals surface area contributed by atoms with Crippen molar-refractivity contribution < 1.29 is 9.18 Å². The number of rotatable bonds is 1. The summed E-state index contributed by atoms with van der Waals surface area (Å²) in [6, 6.07) is 5.13. The molecule has 0 saturated carbocycles. The van der Waals surface area contributed by atoms with E-state index in [4.69, 9.17) is 0 Å². The van der Waals surface area contributed by atoms with Crippen LogP contribution in [0.1, 0.15) is 50.8 Å². The van der Waals surface area contributed by atoms with Crippen LogP contribution in [0, 0.1) is 12.7 Å². The summed E-state index contributed by atoms with van der Waals surface area (Å²) in [5, 5.41) is 0. The molecule has 1 fully saturated rings. The highest BCUT2D eigenvalue weighted by Gasteiger charge is 2.39. The van der Waals surface area contributed by atoms with Crippen LogP contribution in [0.15, 0.2) is 18.2 Å². The molecule has 2 nitrogen and oxygen atoms in total. The van der Waals surface area contributed by atoms with Crippen molar-refractivity contribution in [1.29, 1.82) is 0 Å².